The molecule has 1 fully saturated rings. The van der Waals surface area contributed by atoms with Crippen molar-refractivity contribution in [3.05, 3.63) is 29.8 Å². The number of piperidine rings is 1. The molecule has 3 N–H and O–H groups in total. The van der Waals surface area contributed by atoms with Gasteiger partial charge in [-0.05, 0) is 31.5 Å². The first-order valence-electron chi connectivity index (χ1n) is 7.19. The first-order valence-corrected chi connectivity index (χ1v) is 7.19. The molecule has 0 amide bonds. The fraction of sp³-hybridized carbons (Fsp3) is 0.533. The van der Waals surface area contributed by atoms with Gasteiger partial charge in [0.05, 0.1) is 0 Å². The Morgan fingerprint density at radius 1 is 1.40 bits per heavy atom. The first kappa shape index (κ1) is 14.7. The van der Waals surface area contributed by atoms with Crippen molar-refractivity contribution in [2.24, 2.45) is 10.9 Å². The number of anilines is 1. The number of rotatable bonds is 4. The Labute approximate surface area is 120 Å². The topological polar surface area (TPSA) is 65.1 Å². The predicted octanol–water partition coefficient (Wildman–Crippen LogP) is 1.70. The SMILES string of the molecule is CCN1CCC(N(C)c2ccccc2C(N)=NO)CC1. The van der Waals surface area contributed by atoms with Crippen molar-refractivity contribution in [1.29, 1.82) is 0 Å². The second-order valence-electron chi connectivity index (χ2n) is 5.28. The quantitative estimate of drug-likeness (QED) is 0.380. The molecule has 110 valence electrons. The number of nitrogens with two attached hydrogens (primary N) is 1. The smallest absolute Gasteiger partial charge is 0.172 e. The minimum Gasteiger partial charge on any atom is -0.409 e. The van der Waals surface area contributed by atoms with E-state index in [0.29, 0.717) is 6.04 Å². The summed E-state index contributed by atoms with van der Waals surface area (Å²) in [7, 11) is 2.09. The average Bonchev–Trinajstić information content (AvgIpc) is 2.53. The van der Waals surface area contributed by atoms with Crippen LogP contribution in [-0.2, 0) is 0 Å². The Kier molecular flexibility index (Phi) is 4.84. The zero-order valence-electron chi connectivity index (χ0n) is 12.3. The number of hydrogen-bond donors (Lipinski definition) is 2. The monoisotopic (exact) mass is 276 g/mol. The Hall–Kier alpha value is -1.75. The number of nitrogens with zero attached hydrogens (tertiary/aromatic N) is 3. The van der Waals surface area contributed by atoms with E-state index >= 15 is 0 Å². The molecule has 5 nitrogen and oxygen atoms in total. The summed E-state index contributed by atoms with van der Waals surface area (Å²) >= 11 is 0. The van der Waals surface area contributed by atoms with Crippen LogP contribution in [0.3, 0.4) is 0 Å². The van der Waals surface area contributed by atoms with Gasteiger partial charge in [0.25, 0.3) is 0 Å². The van der Waals surface area contributed by atoms with Crippen molar-refractivity contribution in [2.75, 3.05) is 31.6 Å². The molecule has 0 radical (unpaired) electrons. The zero-order valence-corrected chi connectivity index (χ0v) is 12.3. The van der Waals surface area contributed by atoms with Crippen molar-refractivity contribution >= 4 is 11.5 Å². The lowest BCUT2D eigenvalue weighted by atomic mass is 10.0. The van der Waals surface area contributed by atoms with Crippen LogP contribution in [0.15, 0.2) is 29.4 Å². The van der Waals surface area contributed by atoms with E-state index in [-0.39, 0.29) is 5.84 Å². The third-order valence-corrected chi connectivity index (χ3v) is 4.22. The van der Waals surface area contributed by atoms with Gasteiger partial charge in [-0.25, -0.2) is 0 Å². The van der Waals surface area contributed by atoms with Crippen LogP contribution in [0.25, 0.3) is 0 Å². The summed E-state index contributed by atoms with van der Waals surface area (Å²) in [6, 6.07) is 8.32. The van der Waals surface area contributed by atoms with E-state index in [4.69, 9.17) is 10.9 Å². The lowest BCUT2D eigenvalue weighted by molar-refractivity contribution is 0.221. The predicted molar refractivity (Wildman–Crippen MR) is 82.5 cm³/mol. The van der Waals surface area contributed by atoms with Crippen molar-refractivity contribution in [3.63, 3.8) is 0 Å². The van der Waals surface area contributed by atoms with Gasteiger partial charge in [0.1, 0.15) is 0 Å². The maximum Gasteiger partial charge on any atom is 0.172 e. The maximum absolute atomic E-state index is 8.91. The van der Waals surface area contributed by atoms with Crippen LogP contribution in [0.2, 0.25) is 0 Å². The number of para-hydroxylation sites is 1. The molecule has 0 aromatic heterocycles. The minimum atomic E-state index is 0.165. The van der Waals surface area contributed by atoms with Gasteiger partial charge in [0, 0.05) is 37.4 Å². The van der Waals surface area contributed by atoms with Crippen molar-refractivity contribution < 1.29 is 5.21 Å². The highest BCUT2D eigenvalue weighted by Crippen LogP contribution is 2.25. The van der Waals surface area contributed by atoms with E-state index in [9.17, 15) is 0 Å². The molecule has 0 bridgehead atoms. The highest BCUT2D eigenvalue weighted by molar-refractivity contribution is 6.02. The van der Waals surface area contributed by atoms with Gasteiger partial charge < -0.3 is 20.7 Å². The van der Waals surface area contributed by atoms with Gasteiger partial charge >= 0.3 is 0 Å². The van der Waals surface area contributed by atoms with Crippen molar-refractivity contribution in [1.82, 2.24) is 4.90 Å². The number of amidine groups is 1. The van der Waals surface area contributed by atoms with Gasteiger partial charge in [0.2, 0.25) is 0 Å². The molecule has 1 aromatic rings. The van der Waals surface area contributed by atoms with Gasteiger partial charge in [-0.3, -0.25) is 0 Å². The molecule has 2 rings (SSSR count). The van der Waals surface area contributed by atoms with Crippen molar-refractivity contribution in [3.8, 4) is 0 Å². The molecule has 1 saturated heterocycles. The molecule has 5 heteroatoms. The van der Waals surface area contributed by atoms with E-state index in [2.05, 4.69) is 28.9 Å². The maximum atomic E-state index is 8.91. The van der Waals surface area contributed by atoms with Crippen LogP contribution >= 0.6 is 0 Å². The number of oxime groups is 1. The standard InChI is InChI=1S/C15H24N4O/c1-3-19-10-8-12(9-11-19)18(2)14-7-5-4-6-13(14)15(16)17-20/h4-7,12,20H,3,8-11H2,1-2H3,(H2,16,17). The molecule has 0 aliphatic carbocycles. The number of hydrogen-bond acceptors (Lipinski definition) is 4. The Morgan fingerprint density at radius 2 is 2.05 bits per heavy atom. The van der Waals surface area contributed by atoms with E-state index in [1.54, 1.807) is 0 Å². The summed E-state index contributed by atoms with van der Waals surface area (Å²) in [6.07, 6.45) is 2.30. The van der Waals surface area contributed by atoms with Gasteiger partial charge in [0.15, 0.2) is 5.84 Å². The van der Waals surface area contributed by atoms with Crippen LogP contribution in [-0.4, -0.2) is 48.7 Å². The van der Waals surface area contributed by atoms with Gasteiger partial charge in [-0.1, -0.05) is 24.2 Å². The lowest BCUT2D eigenvalue weighted by Crippen LogP contribution is -2.43. The molecule has 1 aliphatic heterocycles. The molecule has 1 aliphatic rings. The van der Waals surface area contributed by atoms with Crippen LogP contribution in [0, 0.1) is 0 Å². The number of benzene rings is 1. The van der Waals surface area contributed by atoms with Crippen LogP contribution in [0.4, 0.5) is 5.69 Å². The van der Waals surface area contributed by atoms with E-state index in [0.717, 1.165) is 43.7 Å². The Morgan fingerprint density at radius 3 is 2.65 bits per heavy atom. The fourth-order valence-electron chi connectivity index (χ4n) is 2.87. The largest absolute Gasteiger partial charge is 0.409 e. The lowest BCUT2D eigenvalue weighted by Gasteiger charge is -2.38. The fourth-order valence-corrected chi connectivity index (χ4v) is 2.87. The molecule has 0 atom stereocenters. The van der Waals surface area contributed by atoms with Crippen molar-refractivity contribution in [2.45, 2.75) is 25.8 Å². The van der Waals surface area contributed by atoms with Crippen LogP contribution < -0.4 is 10.6 Å². The average molecular weight is 276 g/mol. The second kappa shape index (κ2) is 6.61. The van der Waals surface area contributed by atoms with E-state index in [1.807, 2.05) is 24.3 Å². The summed E-state index contributed by atoms with van der Waals surface area (Å²) < 4.78 is 0. The van der Waals surface area contributed by atoms with E-state index in [1.165, 1.54) is 0 Å². The third-order valence-electron chi connectivity index (χ3n) is 4.22. The molecular weight excluding hydrogens is 252 g/mol. The number of likely N-dealkylation sites (tertiary alicyclic amines) is 1. The molecule has 0 unspecified atom stereocenters. The summed E-state index contributed by atoms with van der Waals surface area (Å²) in [5, 5.41) is 12.0. The summed E-state index contributed by atoms with van der Waals surface area (Å²) in [4.78, 5) is 4.74. The van der Waals surface area contributed by atoms with Crippen LogP contribution in [0.1, 0.15) is 25.3 Å². The zero-order chi connectivity index (χ0) is 14.5. The molecule has 0 spiro atoms. The second-order valence-corrected chi connectivity index (χ2v) is 5.28. The minimum absolute atomic E-state index is 0.165. The van der Waals surface area contributed by atoms with Crippen LogP contribution in [0.5, 0.6) is 0 Å². The summed E-state index contributed by atoms with van der Waals surface area (Å²) in [6.45, 7) is 5.60. The highest BCUT2D eigenvalue weighted by atomic mass is 16.4. The highest BCUT2D eigenvalue weighted by Gasteiger charge is 2.23. The Balaban J connectivity index is 2.15. The molecule has 20 heavy (non-hydrogen) atoms. The summed E-state index contributed by atoms with van der Waals surface area (Å²) in [5.74, 6) is 0.165. The van der Waals surface area contributed by atoms with Gasteiger partial charge in [-0.15, -0.1) is 0 Å². The van der Waals surface area contributed by atoms with E-state index < -0.39 is 0 Å². The molecule has 1 heterocycles. The molecule has 1 aromatic carbocycles. The third kappa shape index (κ3) is 3.04. The summed E-state index contributed by atoms with van der Waals surface area (Å²) in [5.41, 5.74) is 7.58. The normalized spacial score (nSPS) is 18.2. The molecule has 0 saturated carbocycles. The first-order chi connectivity index (χ1) is 9.67. The van der Waals surface area contributed by atoms with Gasteiger partial charge in [-0.2, -0.15) is 0 Å². The Bertz CT molecular complexity index is 467. The molecular formula is C15H24N4O.